The molecule has 1 aromatic carbocycles. The maximum absolute atomic E-state index is 14.2. The Kier molecular flexibility index (Phi) is 4.26. The van der Waals surface area contributed by atoms with E-state index in [2.05, 4.69) is 17.6 Å². The lowest BCUT2D eigenvalue weighted by Crippen LogP contribution is -2.32. The first-order valence-corrected chi connectivity index (χ1v) is 9.00. The number of hydrogen-bond donors (Lipinski definition) is 2. The normalized spacial score (nSPS) is 21.1. The van der Waals surface area contributed by atoms with Crippen molar-refractivity contribution >= 4 is 17.5 Å². The van der Waals surface area contributed by atoms with Crippen molar-refractivity contribution in [2.24, 2.45) is 5.92 Å². The number of hydrogen-bond acceptors (Lipinski definition) is 3. The Morgan fingerprint density at radius 3 is 2.96 bits per heavy atom. The highest BCUT2D eigenvalue weighted by atomic mass is 19.1. The number of halogens is 1. The van der Waals surface area contributed by atoms with E-state index in [1.807, 2.05) is 12.1 Å². The third kappa shape index (κ3) is 3.36. The van der Waals surface area contributed by atoms with Crippen LogP contribution in [0.15, 0.2) is 28.7 Å². The lowest BCUT2D eigenvalue weighted by atomic mass is 9.99. The molecule has 5 nitrogen and oxygen atoms in total. The highest BCUT2D eigenvalue weighted by molar-refractivity contribution is 5.99. The second kappa shape index (κ2) is 6.59. The number of fused-ring (bicyclic) bond motifs is 1. The van der Waals surface area contributed by atoms with Crippen LogP contribution in [-0.4, -0.2) is 18.4 Å². The average Bonchev–Trinajstić information content (AvgIpc) is 3.15. The predicted molar refractivity (Wildman–Crippen MR) is 94.6 cm³/mol. The van der Waals surface area contributed by atoms with Crippen LogP contribution in [0.3, 0.4) is 0 Å². The highest BCUT2D eigenvalue weighted by Crippen LogP contribution is 2.47. The van der Waals surface area contributed by atoms with E-state index in [4.69, 9.17) is 4.42 Å². The van der Waals surface area contributed by atoms with Gasteiger partial charge in [-0.1, -0.05) is 6.92 Å². The Morgan fingerprint density at radius 1 is 1.38 bits per heavy atom. The van der Waals surface area contributed by atoms with Crippen LogP contribution in [0.4, 0.5) is 10.1 Å². The van der Waals surface area contributed by atoms with Gasteiger partial charge in [-0.2, -0.15) is 0 Å². The minimum atomic E-state index is -0.519. The van der Waals surface area contributed by atoms with Crippen molar-refractivity contribution in [1.82, 2.24) is 5.32 Å². The van der Waals surface area contributed by atoms with Crippen LogP contribution in [0.5, 0.6) is 0 Å². The lowest BCUT2D eigenvalue weighted by Gasteiger charge is -2.18. The molecule has 1 aliphatic heterocycles. The SMILES string of the molecule is CC1CC1c1ccc(CCC(=O)Nc2cc3c(cc2F)CCNC3=O)o1. The summed E-state index contributed by atoms with van der Waals surface area (Å²) < 4.78 is 20.0. The van der Waals surface area contributed by atoms with E-state index in [0.29, 0.717) is 42.3 Å². The first kappa shape index (κ1) is 16.8. The standard InChI is InChI=1S/C20H21FN2O3/c1-11-8-14(11)18-4-2-13(26-18)3-5-19(24)23-17-10-15-12(9-16(17)21)6-7-22-20(15)25/h2,4,9-11,14H,3,5-8H2,1H3,(H,22,25)(H,23,24). The molecule has 1 fully saturated rings. The molecule has 136 valence electrons. The lowest BCUT2D eigenvalue weighted by molar-refractivity contribution is -0.116. The van der Waals surface area contributed by atoms with Crippen molar-refractivity contribution in [3.8, 4) is 0 Å². The molecule has 2 heterocycles. The van der Waals surface area contributed by atoms with Crippen molar-refractivity contribution in [3.05, 3.63) is 52.7 Å². The summed E-state index contributed by atoms with van der Waals surface area (Å²) in [4.78, 5) is 24.0. The van der Waals surface area contributed by atoms with Crippen molar-refractivity contribution < 1.29 is 18.4 Å². The van der Waals surface area contributed by atoms with Gasteiger partial charge < -0.3 is 15.1 Å². The molecule has 0 radical (unpaired) electrons. The first-order chi connectivity index (χ1) is 12.5. The fourth-order valence-corrected chi connectivity index (χ4v) is 3.43. The monoisotopic (exact) mass is 356 g/mol. The van der Waals surface area contributed by atoms with E-state index in [-0.39, 0.29) is 23.9 Å². The molecule has 1 aromatic heterocycles. The number of rotatable bonds is 5. The number of benzene rings is 1. The summed E-state index contributed by atoms with van der Waals surface area (Å²) in [6.07, 6.45) is 2.39. The molecule has 26 heavy (non-hydrogen) atoms. The fourth-order valence-electron chi connectivity index (χ4n) is 3.43. The Morgan fingerprint density at radius 2 is 2.19 bits per heavy atom. The molecular formula is C20H21FN2O3. The van der Waals surface area contributed by atoms with Gasteiger partial charge in [0.1, 0.15) is 17.3 Å². The number of carbonyl (C=O) groups excluding carboxylic acids is 2. The van der Waals surface area contributed by atoms with Gasteiger partial charge in [0, 0.05) is 30.9 Å². The summed E-state index contributed by atoms with van der Waals surface area (Å²) >= 11 is 0. The Bertz CT molecular complexity index is 874. The third-order valence-corrected chi connectivity index (χ3v) is 5.15. The number of nitrogens with one attached hydrogen (secondary N) is 2. The van der Waals surface area contributed by atoms with Gasteiger partial charge in [-0.15, -0.1) is 0 Å². The summed E-state index contributed by atoms with van der Waals surface area (Å²) in [6, 6.07) is 6.62. The van der Waals surface area contributed by atoms with Gasteiger partial charge in [-0.25, -0.2) is 4.39 Å². The van der Waals surface area contributed by atoms with E-state index in [1.54, 1.807) is 0 Å². The van der Waals surface area contributed by atoms with E-state index < -0.39 is 5.82 Å². The summed E-state index contributed by atoms with van der Waals surface area (Å²) in [7, 11) is 0. The molecule has 0 bridgehead atoms. The molecule has 2 unspecified atom stereocenters. The van der Waals surface area contributed by atoms with Crippen molar-refractivity contribution in [3.63, 3.8) is 0 Å². The maximum atomic E-state index is 14.2. The molecule has 2 N–H and O–H groups in total. The van der Waals surface area contributed by atoms with E-state index in [9.17, 15) is 14.0 Å². The summed E-state index contributed by atoms with van der Waals surface area (Å²) in [5, 5.41) is 5.28. The summed E-state index contributed by atoms with van der Waals surface area (Å²) in [5.74, 6) is 1.86. The Hall–Kier alpha value is -2.63. The first-order valence-electron chi connectivity index (χ1n) is 9.00. The molecule has 2 atom stereocenters. The van der Waals surface area contributed by atoms with Crippen LogP contribution in [0.2, 0.25) is 0 Å². The zero-order valence-electron chi connectivity index (χ0n) is 14.6. The molecule has 2 aromatic rings. The minimum absolute atomic E-state index is 0.0396. The zero-order chi connectivity index (χ0) is 18.3. The maximum Gasteiger partial charge on any atom is 0.251 e. The van der Waals surface area contributed by atoms with Crippen LogP contribution in [0, 0.1) is 11.7 Å². The van der Waals surface area contributed by atoms with Gasteiger partial charge in [0.15, 0.2) is 0 Å². The van der Waals surface area contributed by atoms with Gasteiger partial charge in [0.05, 0.1) is 5.69 Å². The molecule has 6 heteroatoms. The Balaban J connectivity index is 1.38. The number of amides is 2. The molecular weight excluding hydrogens is 335 g/mol. The van der Waals surface area contributed by atoms with Gasteiger partial charge >= 0.3 is 0 Å². The Labute approximate surface area is 151 Å². The van der Waals surface area contributed by atoms with Crippen molar-refractivity contribution in [2.75, 3.05) is 11.9 Å². The highest BCUT2D eigenvalue weighted by Gasteiger charge is 2.36. The largest absolute Gasteiger partial charge is 0.466 e. The summed E-state index contributed by atoms with van der Waals surface area (Å²) in [6.45, 7) is 2.69. The molecule has 1 saturated carbocycles. The minimum Gasteiger partial charge on any atom is -0.466 e. The van der Waals surface area contributed by atoms with Crippen molar-refractivity contribution in [1.29, 1.82) is 0 Å². The predicted octanol–water partition coefficient (Wildman–Crippen LogP) is 3.40. The van der Waals surface area contributed by atoms with Crippen LogP contribution in [0.1, 0.15) is 53.1 Å². The second-order valence-electron chi connectivity index (χ2n) is 7.17. The van der Waals surface area contributed by atoms with Crippen LogP contribution < -0.4 is 10.6 Å². The quantitative estimate of drug-likeness (QED) is 0.862. The molecule has 1 aliphatic carbocycles. The van der Waals surface area contributed by atoms with Gasteiger partial charge in [0.25, 0.3) is 5.91 Å². The number of anilines is 1. The molecule has 4 rings (SSSR count). The smallest absolute Gasteiger partial charge is 0.251 e. The molecule has 0 saturated heterocycles. The fraction of sp³-hybridized carbons (Fsp3) is 0.400. The van der Waals surface area contributed by atoms with Crippen LogP contribution >= 0.6 is 0 Å². The molecule has 0 spiro atoms. The van der Waals surface area contributed by atoms with E-state index >= 15 is 0 Å². The van der Waals surface area contributed by atoms with Gasteiger partial charge in [-0.3, -0.25) is 9.59 Å². The van der Waals surface area contributed by atoms with Crippen LogP contribution in [0.25, 0.3) is 0 Å². The van der Waals surface area contributed by atoms with Crippen molar-refractivity contribution in [2.45, 2.75) is 38.5 Å². The molecule has 2 amide bonds. The number of furan rings is 1. The number of aryl methyl sites for hydroxylation is 1. The van der Waals surface area contributed by atoms with Gasteiger partial charge in [0.2, 0.25) is 5.91 Å². The third-order valence-electron chi connectivity index (χ3n) is 5.15. The number of carbonyl (C=O) groups is 2. The summed E-state index contributed by atoms with van der Waals surface area (Å²) in [5.41, 5.74) is 1.13. The van der Waals surface area contributed by atoms with E-state index in [0.717, 1.165) is 17.9 Å². The van der Waals surface area contributed by atoms with Crippen LogP contribution in [-0.2, 0) is 17.6 Å². The van der Waals surface area contributed by atoms with Gasteiger partial charge in [-0.05, 0) is 48.6 Å². The average molecular weight is 356 g/mol. The van der Waals surface area contributed by atoms with E-state index in [1.165, 1.54) is 12.1 Å². The molecule has 2 aliphatic rings. The topological polar surface area (TPSA) is 71.3 Å². The second-order valence-corrected chi connectivity index (χ2v) is 7.17. The zero-order valence-corrected chi connectivity index (χ0v) is 14.6.